The first-order valence-corrected chi connectivity index (χ1v) is 9.80. The zero-order chi connectivity index (χ0) is 18.4. The Labute approximate surface area is 151 Å². The van der Waals surface area contributed by atoms with E-state index in [9.17, 15) is 12.8 Å². The number of ether oxygens (including phenoxy) is 1. The second kappa shape index (κ2) is 6.04. The van der Waals surface area contributed by atoms with E-state index in [1.807, 2.05) is 19.9 Å². The Morgan fingerprint density at radius 2 is 1.80 bits per heavy atom. The molecule has 3 rings (SSSR count). The van der Waals surface area contributed by atoms with E-state index in [0.29, 0.717) is 33.2 Å². The van der Waals surface area contributed by atoms with Crippen LogP contribution >= 0.6 is 11.6 Å². The number of anilines is 1. The van der Waals surface area contributed by atoms with Crippen LogP contribution < -0.4 is 9.46 Å². The molecule has 0 radical (unpaired) electrons. The van der Waals surface area contributed by atoms with E-state index in [2.05, 4.69) is 4.72 Å². The van der Waals surface area contributed by atoms with Gasteiger partial charge in [-0.3, -0.25) is 4.72 Å². The molecule has 0 aliphatic carbocycles. The standard InChI is InChI=1S/C18H17ClFNO3S/c1-18(2)10-15(13-6-4-11(19)8-16(13)20)14-7-5-12(9-17(14)24-18)21-25(3,22)23/h4-10,21H,1-3H3. The zero-order valence-electron chi connectivity index (χ0n) is 13.9. The quantitative estimate of drug-likeness (QED) is 0.854. The number of sulfonamides is 1. The Morgan fingerprint density at radius 1 is 1.12 bits per heavy atom. The largest absolute Gasteiger partial charge is 0.483 e. The van der Waals surface area contributed by atoms with Crippen molar-refractivity contribution in [3.05, 3.63) is 64.4 Å². The number of fused-ring (bicyclic) bond motifs is 1. The topological polar surface area (TPSA) is 55.4 Å². The van der Waals surface area contributed by atoms with Gasteiger partial charge in [-0.25, -0.2) is 12.8 Å². The Morgan fingerprint density at radius 3 is 2.44 bits per heavy atom. The maximum atomic E-state index is 14.4. The van der Waals surface area contributed by atoms with Crippen LogP contribution in [-0.4, -0.2) is 20.3 Å². The highest BCUT2D eigenvalue weighted by atomic mass is 35.5. The van der Waals surface area contributed by atoms with Gasteiger partial charge < -0.3 is 4.74 Å². The highest BCUT2D eigenvalue weighted by molar-refractivity contribution is 7.92. The fourth-order valence-electron chi connectivity index (χ4n) is 2.78. The molecule has 0 fully saturated rings. The fourth-order valence-corrected chi connectivity index (χ4v) is 3.49. The van der Waals surface area contributed by atoms with E-state index in [0.717, 1.165) is 6.26 Å². The monoisotopic (exact) mass is 381 g/mol. The predicted octanol–water partition coefficient (Wildman–Crippen LogP) is 4.45. The summed E-state index contributed by atoms with van der Waals surface area (Å²) in [6.07, 6.45) is 2.91. The Kier molecular flexibility index (Phi) is 4.29. The van der Waals surface area contributed by atoms with Gasteiger partial charge in [0.1, 0.15) is 17.2 Å². The van der Waals surface area contributed by atoms with Crippen molar-refractivity contribution in [1.29, 1.82) is 0 Å². The SMILES string of the molecule is CC1(C)C=C(c2ccc(Cl)cc2F)c2ccc(NS(C)(=O)=O)cc2O1. The summed E-state index contributed by atoms with van der Waals surface area (Å²) in [5, 5.41) is 0.320. The van der Waals surface area contributed by atoms with Crippen molar-refractivity contribution in [2.24, 2.45) is 0 Å². The van der Waals surface area contributed by atoms with Gasteiger partial charge in [-0.05, 0) is 55.8 Å². The Hall–Kier alpha value is -2.05. The lowest BCUT2D eigenvalue weighted by molar-refractivity contribution is 0.158. The van der Waals surface area contributed by atoms with Crippen LogP contribution in [0.1, 0.15) is 25.0 Å². The first-order chi connectivity index (χ1) is 11.5. The van der Waals surface area contributed by atoms with Crippen molar-refractivity contribution in [3.8, 4) is 5.75 Å². The summed E-state index contributed by atoms with van der Waals surface area (Å²) >= 11 is 5.85. The summed E-state index contributed by atoms with van der Waals surface area (Å²) < 4.78 is 45.6. The van der Waals surface area contributed by atoms with Crippen LogP contribution in [0.4, 0.5) is 10.1 Å². The number of hydrogen-bond acceptors (Lipinski definition) is 3. The molecule has 1 heterocycles. The molecular formula is C18H17ClFNO3S. The van der Waals surface area contributed by atoms with E-state index < -0.39 is 21.4 Å². The molecule has 1 aliphatic rings. The normalized spacial score (nSPS) is 15.8. The molecule has 1 aliphatic heterocycles. The smallest absolute Gasteiger partial charge is 0.229 e. The van der Waals surface area contributed by atoms with Gasteiger partial charge in [0, 0.05) is 22.2 Å². The molecule has 4 nitrogen and oxygen atoms in total. The molecule has 0 atom stereocenters. The number of benzene rings is 2. The Bertz CT molecular complexity index is 984. The molecule has 2 aromatic carbocycles. The van der Waals surface area contributed by atoms with Crippen LogP contribution in [0.5, 0.6) is 5.75 Å². The lowest BCUT2D eigenvalue weighted by atomic mass is 9.89. The summed E-state index contributed by atoms with van der Waals surface area (Å²) in [6.45, 7) is 3.70. The second-order valence-electron chi connectivity index (χ2n) is 6.47. The molecule has 25 heavy (non-hydrogen) atoms. The lowest BCUT2D eigenvalue weighted by Gasteiger charge is -2.31. The third-order valence-corrected chi connectivity index (χ3v) is 4.50. The molecule has 0 aromatic heterocycles. The van der Waals surface area contributed by atoms with Crippen LogP contribution in [0.15, 0.2) is 42.5 Å². The molecule has 0 bridgehead atoms. The van der Waals surface area contributed by atoms with Crippen LogP contribution in [0.25, 0.3) is 5.57 Å². The lowest BCUT2D eigenvalue weighted by Crippen LogP contribution is -2.29. The van der Waals surface area contributed by atoms with Crippen molar-refractivity contribution in [2.75, 3.05) is 11.0 Å². The summed E-state index contributed by atoms with van der Waals surface area (Å²) in [4.78, 5) is 0. The molecule has 0 saturated carbocycles. The maximum absolute atomic E-state index is 14.4. The van der Waals surface area contributed by atoms with Crippen molar-refractivity contribution < 1.29 is 17.5 Å². The molecule has 7 heteroatoms. The van der Waals surface area contributed by atoms with Crippen LogP contribution in [0.3, 0.4) is 0 Å². The summed E-state index contributed by atoms with van der Waals surface area (Å²) in [5.74, 6) is 0.0474. The van der Waals surface area contributed by atoms with E-state index in [-0.39, 0.29) is 0 Å². The van der Waals surface area contributed by atoms with E-state index >= 15 is 0 Å². The van der Waals surface area contributed by atoms with Gasteiger partial charge >= 0.3 is 0 Å². The molecular weight excluding hydrogens is 365 g/mol. The minimum atomic E-state index is -3.40. The van der Waals surface area contributed by atoms with Gasteiger partial charge in [-0.2, -0.15) is 0 Å². The molecule has 0 unspecified atom stereocenters. The van der Waals surface area contributed by atoms with Gasteiger partial charge in [0.05, 0.1) is 11.9 Å². The van der Waals surface area contributed by atoms with Gasteiger partial charge in [0.25, 0.3) is 0 Å². The fraction of sp³-hybridized carbons (Fsp3) is 0.222. The second-order valence-corrected chi connectivity index (χ2v) is 8.66. The van der Waals surface area contributed by atoms with Crippen LogP contribution in [-0.2, 0) is 10.0 Å². The van der Waals surface area contributed by atoms with Crippen LogP contribution in [0.2, 0.25) is 5.02 Å². The van der Waals surface area contributed by atoms with Gasteiger partial charge in [0.15, 0.2) is 0 Å². The minimum absolute atomic E-state index is 0.320. The molecule has 0 spiro atoms. The molecule has 2 aromatic rings. The van der Waals surface area contributed by atoms with E-state index in [1.165, 1.54) is 6.07 Å². The van der Waals surface area contributed by atoms with Crippen LogP contribution in [0, 0.1) is 5.82 Å². The van der Waals surface area contributed by atoms with E-state index in [4.69, 9.17) is 16.3 Å². The van der Waals surface area contributed by atoms with Gasteiger partial charge in [0.2, 0.25) is 10.0 Å². The molecule has 132 valence electrons. The molecule has 1 N–H and O–H groups in total. The Balaban J connectivity index is 2.14. The number of nitrogens with one attached hydrogen (secondary N) is 1. The minimum Gasteiger partial charge on any atom is -0.483 e. The average molecular weight is 382 g/mol. The highest BCUT2D eigenvalue weighted by Crippen LogP contribution is 2.41. The number of halogens is 2. The predicted molar refractivity (Wildman–Crippen MR) is 98.1 cm³/mol. The number of rotatable bonds is 3. The maximum Gasteiger partial charge on any atom is 0.229 e. The van der Waals surface area contributed by atoms with Crippen molar-refractivity contribution in [2.45, 2.75) is 19.4 Å². The molecule has 0 amide bonds. The van der Waals surface area contributed by atoms with Crippen molar-refractivity contribution in [3.63, 3.8) is 0 Å². The average Bonchev–Trinajstić information content (AvgIpc) is 2.43. The first-order valence-electron chi connectivity index (χ1n) is 7.54. The van der Waals surface area contributed by atoms with Crippen molar-refractivity contribution >= 4 is 32.9 Å². The summed E-state index contributed by atoms with van der Waals surface area (Å²) in [7, 11) is -3.40. The highest BCUT2D eigenvalue weighted by Gasteiger charge is 2.28. The van der Waals surface area contributed by atoms with Gasteiger partial charge in [-0.1, -0.05) is 11.6 Å². The zero-order valence-corrected chi connectivity index (χ0v) is 15.5. The van der Waals surface area contributed by atoms with Crippen molar-refractivity contribution in [1.82, 2.24) is 0 Å². The summed E-state index contributed by atoms with van der Waals surface area (Å²) in [6, 6.07) is 9.43. The number of hydrogen-bond donors (Lipinski definition) is 1. The third-order valence-electron chi connectivity index (χ3n) is 3.66. The van der Waals surface area contributed by atoms with E-state index in [1.54, 1.807) is 30.3 Å². The molecule has 0 saturated heterocycles. The first kappa shape index (κ1) is 17.8. The van der Waals surface area contributed by atoms with Gasteiger partial charge in [-0.15, -0.1) is 0 Å². The third kappa shape index (κ3) is 3.96. The summed E-state index contributed by atoms with van der Waals surface area (Å²) in [5.41, 5.74) is 1.46.